The third-order valence-corrected chi connectivity index (χ3v) is 4.08. The van der Waals surface area contributed by atoms with Crippen LogP contribution in [0.3, 0.4) is 0 Å². The van der Waals surface area contributed by atoms with E-state index in [-0.39, 0.29) is 0 Å². The number of sulfone groups is 1. The lowest BCUT2D eigenvalue weighted by molar-refractivity contribution is 0.153. The van der Waals surface area contributed by atoms with Crippen LogP contribution in [0.5, 0.6) is 0 Å². The summed E-state index contributed by atoms with van der Waals surface area (Å²) in [5.41, 5.74) is 0. The highest BCUT2D eigenvalue weighted by atomic mass is 32.2. The molecule has 0 aromatic rings. The lowest BCUT2D eigenvalue weighted by atomic mass is 10.1. The summed E-state index contributed by atoms with van der Waals surface area (Å²) in [6, 6.07) is 0.596. The van der Waals surface area contributed by atoms with Crippen LogP contribution < -0.4 is 5.32 Å². The highest BCUT2D eigenvalue weighted by Gasteiger charge is 2.20. The van der Waals surface area contributed by atoms with Crippen molar-refractivity contribution in [3.8, 4) is 0 Å². The summed E-state index contributed by atoms with van der Waals surface area (Å²) >= 11 is 0. The average Bonchev–Trinajstić information content (AvgIpc) is 2.19. The summed E-state index contributed by atoms with van der Waals surface area (Å²) in [5.74, 6) is 0.315. The minimum atomic E-state index is -2.80. The highest BCUT2D eigenvalue weighted by Crippen LogP contribution is 2.10. The van der Waals surface area contributed by atoms with Gasteiger partial charge in [0.1, 0.15) is 9.84 Å². The predicted molar refractivity (Wildman–Crippen MR) is 67.5 cm³/mol. The molecule has 1 heterocycles. The molecule has 1 rings (SSSR count). The minimum Gasteiger partial charge on any atom is -0.314 e. The molecule has 0 aromatic heterocycles. The van der Waals surface area contributed by atoms with E-state index in [0.717, 1.165) is 32.6 Å². The zero-order valence-electron chi connectivity index (χ0n) is 10.4. The first-order valence-corrected chi connectivity index (χ1v) is 8.21. The quantitative estimate of drug-likeness (QED) is 0.743. The van der Waals surface area contributed by atoms with Gasteiger partial charge in [-0.3, -0.25) is 4.90 Å². The van der Waals surface area contributed by atoms with E-state index in [1.54, 1.807) is 0 Å². The molecule has 1 fully saturated rings. The molecule has 1 unspecified atom stereocenters. The third-order valence-electron chi connectivity index (χ3n) is 3.05. The van der Waals surface area contributed by atoms with E-state index in [4.69, 9.17) is 0 Å². The van der Waals surface area contributed by atoms with Crippen LogP contribution in [-0.2, 0) is 9.84 Å². The van der Waals surface area contributed by atoms with Gasteiger partial charge in [0.25, 0.3) is 0 Å². The van der Waals surface area contributed by atoms with Gasteiger partial charge >= 0.3 is 0 Å². The van der Waals surface area contributed by atoms with Gasteiger partial charge < -0.3 is 5.32 Å². The molecule has 16 heavy (non-hydrogen) atoms. The Morgan fingerprint density at radius 2 is 2.19 bits per heavy atom. The Morgan fingerprint density at radius 3 is 2.81 bits per heavy atom. The van der Waals surface area contributed by atoms with Gasteiger partial charge in [-0.1, -0.05) is 13.3 Å². The van der Waals surface area contributed by atoms with Crippen LogP contribution in [0.2, 0.25) is 0 Å². The van der Waals surface area contributed by atoms with Crippen molar-refractivity contribution in [2.45, 2.75) is 32.2 Å². The van der Waals surface area contributed by atoms with Gasteiger partial charge in [0, 0.05) is 31.9 Å². The highest BCUT2D eigenvalue weighted by molar-refractivity contribution is 7.90. The van der Waals surface area contributed by atoms with E-state index in [0.29, 0.717) is 11.8 Å². The van der Waals surface area contributed by atoms with Crippen LogP contribution >= 0.6 is 0 Å². The predicted octanol–water partition coefficient (Wildman–Crippen LogP) is 0.495. The molecule has 5 heteroatoms. The van der Waals surface area contributed by atoms with E-state index in [1.807, 2.05) is 0 Å². The Morgan fingerprint density at radius 1 is 1.44 bits per heavy atom. The fourth-order valence-electron chi connectivity index (χ4n) is 2.25. The van der Waals surface area contributed by atoms with Crippen molar-refractivity contribution in [2.24, 2.45) is 0 Å². The fraction of sp³-hybridized carbons (Fsp3) is 1.00. The molecule has 0 saturated carbocycles. The zero-order valence-corrected chi connectivity index (χ0v) is 11.2. The maximum Gasteiger partial charge on any atom is 0.147 e. The Kier molecular flexibility index (Phi) is 5.72. The molecule has 96 valence electrons. The molecule has 0 spiro atoms. The lowest BCUT2D eigenvalue weighted by Crippen LogP contribution is -2.51. The average molecular weight is 248 g/mol. The molecule has 1 aliphatic rings. The van der Waals surface area contributed by atoms with Gasteiger partial charge in [0.05, 0.1) is 5.75 Å². The molecule has 0 aromatic carbocycles. The molecule has 1 N–H and O–H groups in total. The Hall–Kier alpha value is -0.130. The van der Waals surface area contributed by atoms with Crippen LogP contribution in [0.25, 0.3) is 0 Å². The van der Waals surface area contributed by atoms with Crippen molar-refractivity contribution in [3.63, 3.8) is 0 Å². The second-order valence-corrected chi connectivity index (χ2v) is 6.93. The van der Waals surface area contributed by atoms with Crippen molar-refractivity contribution in [1.29, 1.82) is 0 Å². The fourth-order valence-corrected chi connectivity index (χ4v) is 2.90. The Balaban J connectivity index is 2.32. The van der Waals surface area contributed by atoms with Crippen LogP contribution in [-0.4, -0.2) is 57.5 Å². The van der Waals surface area contributed by atoms with Crippen molar-refractivity contribution in [2.75, 3.05) is 38.2 Å². The van der Waals surface area contributed by atoms with E-state index < -0.39 is 9.84 Å². The number of nitrogens with one attached hydrogen (secondary N) is 1. The first-order chi connectivity index (χ1) is 7.53. The summed E-state index contributed by atoms with van der Waals surface area (Å²) in [5, 5.41) is 3.40. The van der Waals surface area contributed by atoms with E-state index >= 15 is 0 Å². The Bertz CT molecular complexity index is 288. The summed E-state index contributed by atoms with van der Waals surface area (Å²) in [6.07, 6.45) is 4.47. The number of nitrogens with zero attached hydrogens (tertiary/aromatic N) is 1. The normalized spacial score (nSPS) is 23.5. The van der Waals surface area contributed by atoms with Crippen LogP contribution in [0.15, 0.2) is 0 Å². The summed E-state index contributed by atoms with van der Waals surface area (Å²) < 4.78 is 22.1. The Labute approximate surface area is 99.3 Å². The first kappa shape index (κ1) is 13.9. The molecule has 4 nitrogen and oxygen atoms in total. The number of hydrogen-bond donors (Lipinski definition) is 1. The molecule has 1 atom stereocenters. The monoisotopic (exact) mass is 248 g/mol. The van der Waals surface area contributed by atoms with Gasteiger partial charge in [-0.2, -0.15) is 0 Å². The van der Waals surface area contributed by atoms with Crippen LogP contribution in [0, 0.1) is 0 Å². The van der Waals surface area contributed by atoms with Gasteiger partial charge in [0.2, 0.25) is 0 Å². The number of rotatable bonds is 6. The van der Waals surface area contributed by atoms with Crippen molar-refractivity contribution < 1.29 is 8.42 Å². The van der Waals surface area contributed by atoms with Gasteiger partial charge in [0.15, 0.2) is 0 Å². The maximum absolute atomic E-state index is 11.0. The van der Waals surface area contributed by atoms with Crippen molar-refractivity contribution in [3.05, 3.63) is 0 Å². The van der Waals surface area contributed by atoms with Crippen molar-refractivity contribution >= 4 is 9.84 Å². The third kappa shape index (κ3) is 5.27. The lowest BCUT2D eigenvalue weighted by Gasteiger charge is -2.36. The van der Waals surface area contributed by atoms with Gasteiger partial charge in [-0.15, -0.1) is 0 Å². The summed E-state index contributed by atoms with van der Waals surface area (Å²) in [6.45, 7) is 6.24. The second-order valence-electron chi connectivity index (χ2n) is 4.67. The van der Waals surface area contributed by atoms with Crippen LogP contribution in [0.1, 0.15) is 26.2 Å². The first-order valence-electron chi connectivity index (χ1n) is 6.15. The number of hydrogen-bond acceptors (Lipinski definition) is 4. The van der Waals surface area contributed by atoms with Gasteiger partial charge in [-0.05, 0) is 19.4 Å². The molecule has 0 radical (unpaired) electrons. The van der Waals surface area contributed by atoms with E-state index in [2.05, 4.69) is 17.1 Å². The smallest absolute Gasteiger partial charge is 0.147 e. The SMILES string of the molecule is CCCC1CNCCN1CCCS(C)(=O)=O. The minimum absolute atomic E-state index is 0.315. The molecule has 0 aliphatic carbocycles. The van der Waals surface area contributed by atoms with E-state index in [9.17, 15) is 8.42 Å². The number of piperazine rings is 1. The summed E-state index contributed by atoms with van der Waals surface area (Å²) in [7, 11) is -2.80. The van der Waals surface area contributed by atoms with Crippen LogP contribution in [0.4, 0.5) is 0 Å². The molecule has 0 amide bonds. The van der Waals surface area contributed by atoms with Crippen molar-refractivity contribution in [1.82, 2.24) is 10.2 Å². The molecular formula is C11H24N2O2S. The molecule has 0 bridgehead atoms. The second kappa shape index (κ2) is 6.57. The molecule has 1 saturated heterocycles. The molecule has 1 aliphatic heterocycles. The standard InChI is InChI=1S/C11H24N2O2S/c1-3-5-11-10-12-6-8-13(11)7-4-9-16(2,14)15/h11-12H,3-10H2,1-2H3. The largest absolute Gasteiger partial charge is 0.314 e. The maximum atomic E-state index is 11.0. The van der Waals surface area contributed by atoms with Gasteiger partial charge in [-0.25, -0.2) is 8.42 Å². The van der Waals surface area contributed by atoms with E-state index in [1.165, 1.54) is 19.1 Å². The summed E-state index contributed by atoms with van der Waals surface area (Å²) in [4.78, 5) is 2.44. The topological polar surface area (TPSA) is 49.4 Å². The zero-order chi connectivity index (χ0) is 12.0. The molecular weight excluding hydrogens is 224 g/mol.